The fraction of sp³-hybridized carbons (Fsp3) is 0.296. The van der Waals surface area contributed by atoms with Crippen molar-refractivity contribution in [1.82, 2.24) is 15.2 Å². The molecule has 0 aliphatic carbocycles. The third-order valence-electron chi connectivity index (χ3n) is 6.06. The Labute approximate surface area is 194 Å². The number of likely N-dealkylation sites (N-methyl/N-ethyl adjacent to an activating group) is 1. The van der Waals surface area contributed by atoms with Crippen molar-refractivity contribution in [3.05, 3.63) is 90.3 Å². The van der Waals surface area contributed by atoms with E-state index in [4.69, 9.17) is 4.74 Å². The number of nitrogens with one attached hydrogen (secondary N) is 1. The Morgan fingerprint density at radius 1 is 1.03 bits per heavy atom. The molecule has 170 valence electrons. The Morgan fingerprint density at radius 3 is 2.58 bits per heavy atom. The van der Waals surface area contributed by atoms with Gasteiger partial charge in [0, 0.05) is 38.8 Å². The van der Waals surface area contributed by atoms with Gasteiger partial charge < -0.3 is 15.0 Å². The Balaban J connectivity index is 1.51. The average Bonchev–Trinajstić information content (AvgIpc) is 2.88. The van der Waals surface area contributed by atoms with Crippen LogP contribution in [-0.4, -0.2) is 54.0 Å². The van der Waals surface area contributed by atoms with Gasteiger partial charge in [0.05, 0.1) is 13.2 Å². The molecule has 1 saturated heterocycles. The minimum atomic E-state index is -1.12. The van der Waals surface area contributed by atoms with E-state index in [0.29, 0.717) is 32.4 Å². The molecule has 1 aliphatic heterocycles. The first-order valence-corrected chi connectivity index (χ1v) is 11.3. The number of aromatic nitrogens is 1. The van der Waals surface area contributed by atoms with E-state index >= 15 is 0 Å². The summed E-state index contributed by atoms with van der Waals surface area (Å²) >= 11 is 0. The lowest BCUT2D eigenvalue weighted by molar-refractivity contribution is -0.165. The van der Waals surface area contributed by atoms with E-state index in [1.807, 2.05) is 66.9 Å². The van der Waals surface area contributed by atoms with Gasteiger partial charge in [-0.1, -0.05) is 60.7 Å². The van der Waals surface area contributed by atoms with Crippen molar-refractivity contribution in [3.63, 3.8) is 0 Å². The van der Waals surface area contributed by atoms with Gasteiger partial charge in [-0.3, -0.25) is 14.6 Å². The average molecular weight is 444 g/mol. The molecule has 0 spiro atoms. The monoisotopic (exact) mass is 443 g/mol. The van der Waals surface area contributed by atoms with Crippen molar-refractivity contribution >= 4 is 11.8 Å². The number of ether oxygens (including phenoxy) is 1. The summed E-state index contributed by atoms with van der Waals surface area (Å²) in [6, 6.07) is 21.9. The first-order chi connectivity index (χ1) is 16.1. The molecule has 2 aromatic carbocycles. The molecule has 1 N–H and O–H groups in total. The number of pyridine rings is 1. The van der Waals surface area contributed by atoms with Crippen LogP contribution in [0.1, 0.15) is 17.5 Å². The van der Waals surface area contributed by atoms with Crippen LogP contribution in [0, 0.1) is 0 Å². The number of benzene rings is 2. The van der Waals surface area contributed by atoms with Crippen molar-refractivity contribution in [2.24, 2.45) is 0 Å². The molecule has 1 fully saturated rings. The highest BCUT2D eigenvalue weighted by Gasteiger charge is 2.44. The van der Waals surface area contributed by atoms with E-state index in [1.54, 1.807) is 18.1 Å². The summed E-state index contributed by atoms with van der Waals surface area (Å²) < 4.78 is 6.09. The predicted octanol–water partition coefficient (Wildman–Crippen LogP) is 3.27. The van der Waals surface area contributed by atoms with Gasteiger partial charge in [-0.15, -0.1) is 0 Å². The summed E-state index contributed by atoms with van der Waals surface area (Å²) in [6.07, 6.45) is 5.02. The van der Waals surface area contributed by atoms with E-state index in [2.05, 4.69) is 16.4 Å². The van der Waals surface area contributed by atoms with E-state index in [-0.39, 0.29) is 18.4 Å². The van der Waals surface area contributed by atoms with Crippen LogP contribution in [0.25, 0.3) is 11.1 Å². The van der Waals surface area contributed by atoms with Crippen molar-refractivity contribution < 1.29 is 14.3 Å². The van der Waals surface area contributed by atoms with Crippen molar-refractivity contribution in [3.8, 4) is 11.1 Å². The van der Waals surface area contributed by atoms with Gasteiger partial charge in [-0.25, -0.2) is 0 Å². The van der Waals surface area contributed by atoms with Gasteiger partial charge in [0.1, 0.15) is 0 Å². The van der Waals surface area contributed by atoms with Gasteiger partial charge >= 0.3 is 0 Å². The van der Waals surface area contributed by atoms with Gasteiger partial charge in [-0.05, 0) is 34.7 Å². The van der Waals surface area contributed by atoms with Gasteiger partial charge in [0.15, 0.2) is 5.60 Å². The number of hydrogen-bond acceptors (Lipinski definition) is 4. The lowest BCUT2D eigenvalue weighted by Crippen LogP contribution is -2.61. The standard InChI is InChI=1S/C27H29N3O3/c1-28-26(32)27(18-22-9-5-10-23(17-22)24-11-6-14-29-19-24)20-30(15-16-33-27)25(31)13-12-21-7-3-2-4-8-21/h2-11,14,17,19H,12-13,15-16,18,20H2,1H3,(H,28,32)/t27-/m1/s1. The maximum Gasteiger partial charge on any atom is 0.254 e. The van der Waals surface area contributed by atoms with Gasteiger partial charge in [0.25, 0.3) is 5.91 Å². The zero-order valence-corrected chi connectivity index (χ0v) is 18.9. The normalized spacial score (nSPS) is 18.0. The second-order valence-corrected chi connectivity index (χ2v) is 8.34. The van der Waals surface area contributed by atoms with E-state index < -0.39 is 5.60 Å². The maximum absolute atomic E-state index is 13.0. The van der Waals surface area contributed by atoms with E-state index in [9.17, 15) is 9.59 Å². The number of carbonyl (C=O) groups excluding carboxylic acids is 2. The molecule has 0 bridgehead atoms. The van der Waals surface area contributed by atoms with Crippen LogP contribution >= 0.6 is 0 Å². The first-order valence-electron chi connectivity index (χ1n) is 11.3. The van der Waals surface area contributed by atoms with Crippen LogP contribution in [-0.2, 0) is 27.2 Å². The summed E-state index contributed by atoms with van der Waals surface area (Å²) in [5, 5.41) is 2.75. The first kappa shape index (κ1) is 22.7. The van der Waals surface area contributed by atoms with E-state index in [1.165, 1.54) is 0 Å². The van der Waals surface area contributed by atoms with Crippen LogP contribution in [0.4, 0.5) is 0 Å². The maximum atomic E-state index is 13.0. The third kappa shape index (κ3) is 5.46. The topological polar surface area (TPSA) is 71.5 Å². The third-order valence-corrected chi connectivity index (χ3v) is 6.06. The second kappa shape index (κ2) is 10.4. The fourth-order valence-corrected chi connectivity index (χ4v) is 4.33. The molecule has 3 aromatic rings. The second-order valence-electron chi connectivity index (χ2n) is 8.34. The molecule has 4 rings (SSSR count). The molecular weight excluding hydrogens is 414 g/mol. The highest BCUT2D eigenvalue weighted by Crippen LogP contribution is 2.27. The van der Waals surface area contributed by atoms with Gasteiger partial charge in [-0.2, -0.15) is 0 Å². The van der Waals surface area contributed by atoms with Crippen LogP contribution < -0.4 is 5.32 Å². The Hall–Kier alpha value is -3.51. The lowest BCUT2D eigenvalue weighted by atomic mass is 9.89. The molecule has 0 unspecified atom stereocenters. The lowest BCUT2D eigenvalue weighted by Gasteiger charge is -2.41. The number of rotatable bonds is 7. The molecule has 2 heterocycles. The van der Waals surface area contributed by atoms with Gasteiger partial charge in [0.2, 0.25) is 5.91 Å². The molecule has 6 heteroatoms. The van der Waals surface area contributed by atoms with Crippen molar-refractivity contribution in [2.45, 2.75) is 24.9 Å². The van der Waals surface area contributed by atoms with Crippen LogP contribution in [0.3, 0.4) is 0 Å². The molecular formula is C27H29N3O3. The Bertz CT molecular complexity index is 1090. The summed E-state index contributed by atoms with van der Waals surface area (Å²) in [5.41, 5.74) is 3.01. The van der Waals surface area contributed by atoms with Crippen molar-refractivity contribution in [2.75, 3.05) is 26.7 Å². The Kier molecular flexibility index (Phi) is 7.15. The molecule has 1 atom stereocenters. The minimum absolute atomic E-state index is 0.0412. The molecule has 6 nitrogen and oxygen atoms in total. The SMILES string of the molecule is CNC(=O)[C@@]1(Cc2cccc(-c3cccnc3)c2)CN(C(=O)CCc2ccccc2)CCO1. The largest absolute Gasteiger partial charge is 0.361 e. The van der Waals surface area contributed by atoms with E-state index in [0.717, 1.165) is 22.3 Å². The molecule has 2 amide bonds. The highest BCUT2D eigenvalue weighted by atomic mass is 16.5. The smallest absolute Gasteiger partial charge is 0.254 e. The molecule has 1 aliphatic rings. The zero-order chi connectivity index (χ0) is 23.1. The molecule has 0 saturated carbocycles. The highest BCUT2D eigenvalue weighted by molar-refractivity contribution is 5.87. The summed E-state index contributed by atoms with van der Waals surface area (Å²) in [4.78, 5) is 32.0. The van der Waals surface area contributed by atoms with Crippen LogP contribution in [0.5, 0.6) is 0 Å². The number of nitrogens with zero attached hydrogens (tertiary/aromatic N) is 2. The number of amides is 2. The number of morpholine rings is 1. The minimum Gasteiger partial charge on any atom is -0.361 e. The summed E-state index contributed by atoms with van der Waals surface area (Å²) in [6.45, 7) is 1.05. The van der Waals surface area contributed by atoms with Crippen LogP contribution in [0.15, 0.2) is 79.1 Å². The zero-order valence-electron chi connectivity index (χ0n) is 18.9. The molecule has 0 radical (unpaired) electrons. The Morgan fingerprint density at radius 2 is 1.82 bits per heavy atom. The molecule has 33 heavy (non-hydrogen) atoms. The number of hydrogen-bond donors (Lipinski definition) is 1. The summed E-state index contributed by atoms with van der Waals surface area (Å²) in [5.74, 6) is -0.172. The number of aryl methyl sites for hydroxylation is 1. The fourth-order valence-electron chi connectivity index (χ4n) is 4.33. The van der Waals surface area contributed by atoms with Crippen molar-refractivity contribution in [1.29, 1.82) is 0 Å². The van der Waals surface area contributed by atoms with Crippen LogP contribution in [0.2, 0.25) is 0 Å². The molecule has 1 aromatic heterocycles. The number of carbonyl (C=O) groups is 2. The summed E-state index contributed by atoms with van der Waals surface area (Å²) in [7, 11) is 1.61. The predicted molar refractivity (Wildman–Crippen MR) is 127 cm³/mol. The quantitative estimate of drug-likeness (QED) is 0.608.